The average Bonchev–Trinajstić information content (AvgIpc) is 2.84. The molecule has 25 heavy (non-hydrogen) atoms. The minimum absolute atomic E-state index is 0.00431. The molecule has 2 rings (SSSR count). The summed E-state index contributed by atoms with van der Waals surface area (Å²) in [5.74, 6) is -5.10. The number of carboxylic acid groups (broad SMARTS) is 1. The van der Waals surface area contributed by atoms with Crippen LogP contribution in [0.3, 0.4) is 0 Å². The van der Waals surface area contributed by atoms with E-state index in [1.807, 2.05) is 0 Å². The van der Waals surface area contributed by atoms with Crippen LogP contribution in [0.5, 0.6) is 0 Å². The van der Waals surface area contributed by atoms with Crippen LogP contribution in [-0.2, 0) is 4.79 Å². The Kier molecular flexibility index (Phi) is 5.70. The van der Waals surface area contributed by atoms with Gasteiger partial charge in [0.25, 0.3) is 5.91 Å². The normalized spacial score (nSPS) is 10.6. The zero-order valence-corrected chi connectivity index (χ0v) is 13.7. The standard InChI is InChI=1S/C14H9Cl2F2N3O4/c15-7-5-6(17)1-2-8(7)19-14(25)12-11(18)13(16)21(20-12)9(22)3-4-10(23)24/h1-2,5H,3-4H2,(H,19,25)(H,23,24). The van der Waals surface area contributed by atoms with E-state index < -0.39 is 53.1 Å². The lowest BCUT2D eigenvalue weighted by atomic mass is 10.3. The summed E-state index contributed by atoms with van der Waals surface area (Å²) in [7, 11) is 0. The van der Waals surface area contributed by atoms with E-state index in [4.69, 9.17) is 28.3 Å². The number of aromatic nitrogens is 2. The number of carbonyl (C=O) groups is 3. The molecular formula is C14H9Cl2F2N3O4. The Morgan fingerprint density at radius 3 is 2.48 bits per heavy atom. The third kappa shape index (κ3) is 4.31. The van der Waals surface area contributed by atoms with Gasteiger partial charge in [0.05, 0.1) is 17.1 Å². The zero-order chi connectivity index (χ0) is 18.7. The van der Waals surface area contributed by atoms with Crippen molar-refractivity contribution in [1.29, 1.82) is 0 Å². The highest BCUT2D eigenvalue weighted by Gasteiger charge is 2.26. The SMILES string of the molecule is O=C(O)CCC(=O)n1nc(C(=O)Nc2ccc(F)cc2Cl)c(F)c1Cl. The number of rotatable bonds is 5. The molecule has 1 amide bonds. The third-order valence-electron chi connectivity index (χ3n) is 2.96. The van der Waals surface area contributed by atoms with E-state index in [2.05, 4.69) is 10.4 Å². The highest BCUT2D eigenvalue weighted by atomic mass is 35.5. The Labute approximate surface area is 149 Å². The largest absolute Gasteiger partial charge is 0.481 e. The van der Waals surface area contributed by atoms with Crippen molar-refractivity contribution < 1.29 is 28.3 Å². The van der Waals surface area contributed by atoms with E-state index in [0.717, 1.165) is 18.2 Å². The minimum atomic E-state index is -1.26. The fraction of sp³-hybridized carbons (Fsp3) is 0.143. The molecule has 0 bridgehead atoms. The first-order valence-electron chi connectivity index (χ1n) is 6.66. The van der Waals surface area contributed by atoms with Gasteiger partial charge < -0.3 is 10.4 Å². The molecule has 11 heteroatoms. The van der Waals surface area contributed by atoms with Crippen LogP contribution in [0, 0.1) is 11.6 Å². The van der Waals surface area contributed by atoms with Gasteiger partial charge in [-0.3, -0.25) is 14.4 Å². The lowest BCUT2D eigenvalue weighted by Crippen LogP contribution is -2.17. The molecule has 132 valence electrons. The smallest absolute Gasteiger partial charge is 0.303 e. The highest BCUT2D eigenvalue weighted by Crippen LogP contribution is 2.24. The van der Waals surface area contributed by atoms with Gasteiger partial charge in [0.1, 0.15) is 5.82 Å². The molecule has 1 aromatic heterocycles. The van der Waals surface area contributed by atoms with Crippen molar-refractivity contribution in [2.75, 3.05) is 5.32 Å². The van der Waals surface area contributed by atoms with Gasteiger partial charge in [-0.2, -0.15) is 9.78 Å². The van der Waals surface area contributed by atoms with E-state index >= 15 is 0 Å². The van der Waals surface area contributed by atoms with Crippen molar-refractivity contribution in [1.82, 2.24) is 9.78 Å². The number of hydrogen-bond acceptors (Lipinski definition) is 4. The quantitative estimate of drug-likeness (QED) is 0.814. The number of nitrogens with one attached hydrogen (secondary N) is 1. The number of aliphatic carboxylic acids is 1. The molecule has 0 atom stereocenters. The van der Waals surface area contributed by atoms with Crippen molar-refractivity contribution in [2.24, 2.45) is 0 Å². The van der Waals surface area contributed by atoms with Gasteiger partial charge in [0, 0.05) is 6.42 Å². The van der Waals surface area contributed by atoms with Crippen LogP contribution in [0.4, 0.5) is 14.5 Å². The van der Waals surface area contributed by atoms with Gasteiger partial charge in [-0.1, -0.05) is 23.2 Å². The summed E-state index contributed by atoms with van der Waals surface area (Å²) in [4.78, 5) is 34.3. The number of carbonyl (C=O) groups excluding carboxylic acids is 2. The fourth-order valence-electron chi connectivity index (χ4n) is 1.78. The summed E-state index contributed by atoms with van der Waals surface area (Å²) in [5, 5.41) is 13.3. The summed E-state index contributed by atoms with van der Waals surface area (Å²) in [5.41, 5.74) is -0.801. The summed E-state index contributed by atoms with van der Waals surface area (Å²) < 4.78 is 27.4. The molecule has 0 saturated heterocycles. The maximum atomic E-state index is 14.1. The molecule has 2 aromatic rings. The molecule has 7 nitrogen and oxygen atoms in total. The number of halogens is 4. The van der Waals surface area contributed by atoms with Crippen LogP contribution >= 0.6 is 23.2 Å². The second-order valence-electron chi connectivity index (χ2n) is 4.73. The van der Waals surface area contributed by atoms with Crippen LogP contribution in [0.1, 0.15) is 28.1 Å². The number of amides is 1. The molecule has 1 aromatic carbocycles. The van der Waals surface area contributed by atoms with Gasteiger partial charge in [-0.15, -0.1) is 0 Å². The third-order valence-corrected chi connectivity index (χ3v) is 3.60. The predicted molar refractivity (Wildman–Crippen MR) is 84.1 cm³/mol. The number of hydrogen-bond donors (Lipinski definition) is 2. The van der Waals surface area contributed by atoms with Gasteiger partial charge in [0.15, 0.2) is 16.7 Å². The molecule has 1 heterocycles. The van der Waals surface area contributed by atoms with Crippen molar-refractivity contribution in [3.05, 3.63) is 45.7 Å². The molecule has 0 aliphatic rings. The maximum Gasteiger partial charge on any atom is 0.303 e. The van der Waals surface area contributed by atoms with Crippen LogP contribution < -0.4 is 5.32 Å². The van der Waals surface area contributed by atoms with Crippen LogP contribution in [0.2, 0.25) is 10.2 Å². The lowest BCUT2D eigenvalue weighted by Gasteiger charge is -2.05. The Hall–Kier alpha value is -2.52. The Morgan fingerprint density at radius 2 is 1.88 bits per heavy atom. The molecule has 0 spiro atoms. The topological polar surface area (TPSA) is 101 Å². The number of benzene rings is 1. The molecule has 0 aliphatic heterocycles. The predicted octanol–water partition coefficient (Wildman–Crippen LogP) is 3.23. The number of nitrogens with zero attached hydrogens (tertiary/aromatic N) is 2. The second kappa shape index (κ2) is 7.58. The van der Waals surface area contributed by atoms with E-state index in [0.29, 0.717) is 4.68 Å². The van der Waals surface area contributed by atoms with Gasteiger partial charge in [-0.05, 0) is 18.2 Å². The van der Waals surface area contributed by atoms with Crippen molar-refractivity contribution in [3.8, 4) is 0 Å². The minimum Gasteiger partial charge on any atom is -0.481 e. The second-order valence-corrected chi connectivity index (χ2v) is 5.50. The number of anilines is 1. The summed E-state index contributed by atoms with van der Waals surface area (Å²) >= 11 is 11.4. The Bertz CT molecular complexity index is 870. The van der Waals surface area contributed by atoms with E-state index in [-0.39, 0.29) is 10.7 Å². The fourth-order valence-corrected chi connectivity index (χ4v) is 2.22. The zero-order valence-electron chi connectivity index (χ0n) is 12.2. The van der Waals surface area contributed by atoms with E-state index in [1.165, 1.54) is 0 Å². The average molecular weight is 392 g/mol. The van der Waals surface area contributed by atoms with Gasteiger partial charge >= 0.3 is 5.97 Å². The maximum absolute atomic E-state index is 14.1. The van der Waals surface area contributed by atoms with E-state index in [1.54, 1.807) is 0 Å². The molecular weight excluding hydrogens is 383 g/mol. The Morgan fingerprint density at radius 1 is 1.20 bits per heavy atom. The van der Waals surface area contributed by atoms with Crippen molar-refractivity contribution in [2.45, 2.75) is 12.8 Å². The highest BCUT2D eigenvalue weighted by molar-refractivity contribution is 6.34. The van der Waals surface area contributed by atoms with Crippen molar-refractivity contribution in [3.63, 3.8) is 0 Å². The number of carboxylic acids is 1. The molecule has 0 radical (unpaired) electrons. The molecule has 2 N–H and O–H groups in total. The first kappa shape index (κ1) is 18.8. The molecule has 0 unspecified atom stereocenters. The van der Waals surface area contributed by atoms with Crippen LogP contribution in [0.25, 0.3) is 0 Å². The summed E-state index contributed by atoms with van der Waals surface area (Å²) in [6.45, 7) is 0. The Balaban J connectivity index is 2.24. The van der Waals surface area contributed by atoms with Crippen molar-refractivity contribution >= 4 is 46.7 Å². The van der Waals surface area contributed by atoms with Crippen LogP contribution in [-0.4, -0.2) is 32.7 Å². The summed E-state index contributed by atoms with van der Waals surface area (Å²) in [6.07, 6.45) is -0.996. The molecule has 0 aliphatic carbocycles. The first-order valence-corrected chi connectivity index (χ1v) is 7.41. The van der Waals surface area contributed by atoms with Gasteiger partial charge in [0.2, 0.25) is 5.91 Å². The van der Waals surface area contributed by atoms with Gasteiger partial charge in [-0.25, -0.2) is 8.78 Å². The molecule has 0 fully saturated rings. The lowest BCUT2D eigenvalue weighted by molar-refractivity contribution is -0.137. The first-order chi connectivity index (χ1) is 11.7. The molecule has 0 saturated carbocycles. The monoisotopic (exact) mass is 391 g/mol. The van der Waals surface area contributed by atoms with Crippen LogP contribution in [0.15, 0.2) is 18.2 Å². The van der Waals surface area contributed by atoms with E-state index in [9.17, 15) is 23.2 Å². The summed E-state index contributed by atoms with van der Waals surface area (Å²) in [6, 6.07) is 3.12.